The maximum atomic E-state index is 4.99. The Morgan fingerprint density at radius 3 is 0.608 bits per heavy atom. The van der Waals surface area contributed by atoms with Crippen LogP contribution in [0.4, 0.5) is 0 Å². The fraction of sp³-hybridized carbons (Fsp3) is 0. The zero-order valence-corrected chi connectivity index (χ0v) is 40.1. The van der Waals surface area contributed by atoms with Gasteiger partial charge in [-0.1, -0.05) is 255 Å². The molecule has 13 rings (SSSR count). The van der Waals surface area contributed by atoms with Crippen LogP contribution in [0.1, 0.15) is 0 Å². The number of benzene rings is 11. The molecule has 74 heavy (non-hydrogen) atoms. The molecule has 2 heterocycles. The Morgan fingerprint density at radius 1 is 0.149 bits per heavy atom. The van der Waals surface area contributed by atoms with Gasteiger partial charge in [0.05, 0.1) is 0 Å². The molecule has 0 bridgehead atoms. The van der Waals surface area contributed by atoms with Gasteiger partial charge in [0.25, 0.3) is 0 Å². The maximum absolute atomic E-state index is 4.99. The molecule has 2 aromatic heterocycles. The highest BCUT2D eigenvalue weighted by molar-refractivity contribution is 6.22. The molecule has 0 atom stereocenters. The largest absolute Gasteiger partial charge is 0.208 e. The standard InChI is InChI=1S/C68H44N6/c1-7-19-47(20-8-1)61-57-41-39-56(46-33-37-54(38-34-46)68-73-65(51-27-15-5-16-28-51)70-66(74-68)52-29-17-6-18-30-52)44-60(57)62(48-21-9-2-10-22-48)58-42-40-55(43-59(58)61)45-31-35-53(36-32-45)67-71-63(49-23-11-3-12-24-49)69-64(72-67)50-25-13-4-14-26-50/h1-44H. The first kappa shape index (κ1) is 43.9. The van der Waals surface area contributed by atoms with Gasteiger partial charge in [0.1, 0.15) is 0 Å². The minimum absolute atomic E-state index is 0.626. The van der Waals surface area contributed by atoms with Crippen LogP contribution in [0.2, 0.25) is 0 Å². The van der Waals surface area contributed by atoms with Gasteiger partial charge in [-0.2, -0.15) is 0 Å². The fourth-order valence-corrected chi connectivity index (χ4v) is 9.92. The predicted molar refractivity (Wildman–Crippen MR) is 303 cm³/mol. The van der Waals surface area contributed by atoms with Gasteiger partial charge < -0.3 is 0 Å². The quantitative estimate of drug-likeness (QED) is 0.127. The average molecular weight is 945 g/mol. The first-order valence-electron chi connectivity index (χ1n) is 24.8. The van der Waals surface area contributed by atoms with Crippen LogP contribution in [0.15, 0.2) is 267 Å². The summed E-state index contributed by atoms with van der Waals surface area (Å²) in [6.07, 6.45) is 0. The summed E-state index contributed by atoms with van der Waals surface area (Å²) < 4.78 is 0. The third-order valence-corrected chi connectivity index (χ3v) is 13.6. The highest BCUT2D eigenvalue weighted by Gasteiger charge is 2.20. The Kier molecular flexibility index (Phi) is 11.4. The van der Waals surface area contributed by atoms with E-state index < -0.39 is 0 Å². The van der Waals surface area contributed by atoms with E-state index in [0.29, 0.717) is 34.9 Å². The molecule has 0 aliphatic heterocycles. The van der Waals surface area contributed by atoms with Gasteiger partial charge in [-0.15, -0.1) is 0 Å². The molecule has 0 fully saturated rings. The van der Waals surface area contributed by atoms with Gasteiger partial charge in [0.15, 0.2) is 34.9 Å². The van der Waals surface area contributed by atoms with Crippen molar-refractivity contribution < 1.29 is 0 Å². The monoisotopic (exact) mass is 944 g/mol. The van der Waals surface area contributed by atoms with Gasteiger partial charge in [-0.3, -0.25) is 0 Å². The molecule has 6 nitrogen and oxygen atoms in total. The maximum Gasteiger partial charge on any atom is 0.164 e. The highest BCUT2D eigenvalue weighted by Crippen LogP contribution is 2.46. The van der Waals surface area contributed by atoms with Gasteiger partial charge in [-0.05, 0) is 78.2 Å². The topological polar surface area (TPSA) is 77.3 Å². The van der Waals surface area contributed by atoms with E-state index in [4.69, 9.17) is 29.9 Å². The van der Waals surface area contributed by atoms with E-state index in [1.807, 2.05) is 121 Å². The van der Waals surface area contributed by atoms with E-state index in [1.165, 1.54) is 32.7 Å². The number of hydrogen-bond acceptors (Lipinski definition) is 6. The first-order chi connectivity index (χ1) is 36.7. The molecule has 11 aromatic carbocycles. The van der Waals surface area contributed by atoms with Crippen LogP contribution < -0.4 is 0 Å². The first-order valence-corrected chi connectivity index (χ1v) is 24.8. The molecular formula is C68H44N6. The second kappa shape index (κ2) is 19.3. The van der Waals surface area contributed by atoms with Crippen molar-refractivity contribution in [3.05, 3.63) is 267 Å². The third kappa shape index (κ3) is 8.56. The molecule has 0 radical (unpaired) electrons. The van der Waals surface area contributed by atoms with Crippen molar-refractivity contribution in [2.45, 2.75) is 0 Å². The van der Waals surface area contributed by atoms with Crippen molar-refractivity contribution in [3.63, 3.8) is 0 Å². The van der Waals surface area contributed by atoms with Crippen LogP contribution in [0, 0.1) is 0 Å². The minimum atomic E-state index is 0.626. The smallest absolute Gasteiger partial charge is 0.164 e. The van der Waals surface area contributed by atoms with Crippen molar-refractivity contribution >= 4 is 21.5 Å². The third-order valence-electron chi connectivity index (χ3n) is 13.6. The Bertz CT molecular complexity index is 3730. The normalized spacial score (nSPS) is 11.2. The molecule has 0 spiro atoms. The molecular weight excluding hydrogens is 901 g/mol. The molecule has 0 N–H and O–H groups in total. The Morgan fingerprint density at radius 2 is 0.351 bits per heavy atom. The highest BCUT2D eigenvalue weighted by atomic mass is 15.0. The Balaban J connectivity index is 0.915. The van der Waals surface area contributed by atoms with Gasteiger partial charge >= 0.3 is 0 Å². The lowest BCUT2D eigenvalue weighted by Crippen LogP contribution is -2.00. The summed E-state index contributed by atoms with van der Waals surface area (Å²) in [5, 5.41) is 4.73. The minimum Gasteiger partial charge on any atom is -0.208 e. The van der Waals surface area contributed by atoms with E-state index in [-0.39, 0.29) is 0 Å². The van der Waals surface area contributed by atoms with E-state index in [0.717, 1.165) is 66.8 Å². The summed E-state index contributed by atoms with van der Waals surface area (Å²) in [4.78, 5) is 29.8. The summed E-state index contributed by atoms with van der Waals surface area (Å²) in [5.41, 5.74) is 14.7. The number of nitrogens with zero attached hydrogens (tertiary/aromatic N) is 6. The zero-order chi connectivity index (χ0) is 49.2. The van der Waals surface area contributed by atoms with E-state index in [2.05, 4.69) is 146 Å². The summed E-state index contributed by atoms with van der Waals surface area (Å²) in [6.45, 7) is 0. The van der Waals surface area contributed by atoms with Gasteiger partial charge in [0, 0.05) is 33.4 Å². The van der Waals surface area contributed by atoms with Crippen LogP contribution >= 0.6 is 0 Å². The zero-order valence-electron chi connectivity index (χ0n) is 40.1. The van der Waals surface area contributed by atoms with Crippen molar-refractivity contribution in [1.29, 1.82) is 0 Å². The molecule has 0 amide bonds. The van der Waals surface area contributed by atoms with Crippen LogP contribution in [0.25, 0.3) is 134 Å². The molecule has 0 saturated carbocycles. The molecule has 0 saturated heterocycles. The summed E-state index contributed by atoms with van der Waals surface area (Å²) >= 11 is 0. The average Bonchev–Trinajstić information content (AvgIpc) is 3.49. The molecule has 0 aliphatic rings. The Hall–Kier alpha value is -10.0. The Labute approximate surface area is 429 Å². The van der Waals surface area contributed by atoms with Crippen LogP contribution in [0.5, 0.6) is 0 Å². The fourth-order valence-electron chi connectivity index (χ4n) is 9.92. The van der Waals surface area contributed by atoms with Crippen LogP contribution in [-0.4, -0.2) is 29.9 Å². The lowest BCUT2D eigenvalue weighted by atomic mass is 9.84. The molecule has 0 unspecified atom stereocenters. The van der Waals surface area contributed by atoms with Gasteiger partial charge in [-0.25, -0.2) is 29.9 Å². The SMILES string of the molecule is c1ccc(-c2nc(-c3ccccc3)nc(-c3ccc(-c4ccc5c(-c6ccccc6)c6cc(-c7ccc(-c8nc(-c9ccccc9)nc(-c9ccccc9)n8)cc7)ccc6c(-c6ccccc6)c5c4)cc3)n2)cc1. The van der Waals surface area contributed by atoms with E-state index in [1.54, 1.807) is 0 Å². The van der Waals surface area contributed by atoms with Gasteiger partial charge in [0.2, 0.25) is 0 Å². The molecule has 346 valence electrons. The number of rotatable bonds is 10. The van der Waals surface area contributed by atoms with Crippen LogP contribution in [0.3, 0.4) is 0 Å². The van der Waals surface area contributed by atoms with E-state index >= 15 is 0 Å². The second-order valence-corrected chi connectivity index (χ2v) is 18.2. The molecule has 0 aliphatic carbocycles. The summed E-state index contributed by atoms with van der Waals surface area (Å²) in [7, 11) is 0. The number of fused-ring (bicyclic) bond motifs is 2. The van der Waals surface area contributed by atoms with Crippen molar-refractivity contribution in [1.82, 2.24) is 29.9 Å². The van der Waals surface area contributed by atoms with Crippen molar-refractivity contribution in [2.75, 3.05) is 0 Å². The van der Waals surface area contributed by atoms with Crippen LogP contribution in [-0.2, 0) is 0 Å². The van der Waals surface area contributed by atoms with Crippen molar-refractivity contribution in [3.8, 4) is 113 Å². The number of aromatic nitrogens is 6. The second-order valence-electron chi connectivity index (χ2n) is 18.2. The molecule has 13 aromatic rings. The summed E-state index contributed by atoms with van der Waals surface area (Å²) in [5.74, 6) is 3.81. The van der Waals surface area contributed by atoms with Crippen molar-refractivity contribution in [2.24, 2.45) is 0 Å². The summed E-state index contributed by atoms with van der Waals surface area (Å²) in [6, 6.07) is 93.0. The molecule has 6 heteroatoms. The van der Waals surface area contributed by atoms with E-state index in [9.17, 15) is 0 Å². The lowest BCUT2D eigenvalue weighted by molar-refractivity contribution is 1.07. The lowest BCUT2D eigenvalue weighted by Gasteiger charge is -2.20. The predicted octanol–water partition coefficient (Wildman–Crippen LogP) is 17.0. The number of hydrogen-bond donors (Lipinski definition) is 0.